The van der Waals surface area contributed by atoms with Crippen LogP contribution in [0.25, 0.3) is 0 Å². The van der Waals surface area contributed by atoms with E-state index in [9.17, 15) is 28.2 Å². The molecule has 0 aliphatic heterocycles. The molecule has 4 nitrogen and oxygen atoms in total. The molecule has 0 saturated heterocycles. The first kappa shape index (κ1) is 19.3. The minimum absolute atomic E-state index is 0.125. The van der Waals surface area contributed by atoms with Crippen LogP contribution in [0.2, 0.25) is 0 Å². The van der Waals surface area contributed by atoms with E-state index in [0.717, 1.165) is 36.8 Å². The van der Waals surface area contributed by atoms with Crippen molar-refractivity contribution in [2.24, 2.45) is 11.3 Å². The van der Waals surface area contributed by atoms with E-state index < -0.39 is 28.9 Å². The molecule has 1 fully saturated rings. The lowest BCUT2D eigenvalue weighted by atomic mass is 9.52. The van der Waals surface area contributed by atoms with Gasteiger partial charge in [0.15, 0.2) is 0 Å². The Hall–Kier alpha value is -2.44. The van der Waals surface area contributed by atoms with E-state index in [-0.39, 0.29) is 29.9 Å². The highest BCUT2D eigenvalue weighted by molar-refractivity contribution is 5.75. The lowest BCUT2D eigenvalue weighted by Crippen LogP contribution is -2.54. The van der Waals surface area contributed by atoms with Gasteiger partial charge in [-0.1, -0.05) is 49.6 Å². The third kappa shape index (κ3) is 2.99. The number of carbonyl (C=O) groups is 1. The second kappa shape index (κ2) is 6.62. The van der Waals surface area contributed by atoms with Crippen molar-refractivity contribution in [3.63, 3.8) is 0 Å². The third-order valence-electron chi connectivity index (χ3n) is 5.88. The van der Waals surface area contributed by atoms with E-state index in [1.54, 1.807) is 0 Å². The summed E-state index contributed by atoms with van der Waals surface area (Å²) in [6.45, 7) is 0. The van der Waals surface area contributed by atoms with Crippen LogP contribution in [0.3, 0.4) is 0 Å². The smallest absolute Gasteiger partial charge is 0.402 e. The van der Waals surface area contributed by atoms with Gasteiger partial charge in [0.25, 0.3) is 0 Å². The number of phenolic OH excluding ortho intramolecular Hbond substituents is 2. The van der Waals surface area contributed by atoms with Crippen molar-refractivity contribution >= 4 is 5.97 Å². The minimum Gasteiger partial charge on any atom is -0.508 e. The van der Waals surface area contributed by atoms with Gasteiger partial charge >= 0.3 is 12.1 Å². The number of rotatable bonds is 3. The molecule has 0 heterocycles. The Labute approximate surface area is 154 Å². The number of alkyl halides is 3. The van der Waals surface area contributed by atoms with Crippen LogP contribution in [0.1, 0.15) is 37.7 Å². The Bertz CT molecular complexity index is 775. The molecule has 3 rings (SSSR count). The first-order valence-corrected chi connectivity index (χ1v) is 8.84. The van der Waals surface area contributed by atoms with E-state index in [1.165, 1.54) is 12.1 Å². The molecule has 0 spiro atoms. The third-order valence-corrected chi connectivity index (χ3v) is 5.88. The summed E-state index contributed by atoms with van der Waals surface area (Å²) in [5.41, 5.74) is -3.78. The zero-order chi connectivity index (χ0) is 19.9. The first-order valence-electron chi connectivity index (χ1n) is 8.84. The van der Waals surface area contributed by atoms with Gasteiger partial charge in [0.2, 0.25) is 0 Å². The Morgan fingerprint density at radius 3 is 2.11 bits per heavy atom. The average molecular weight is 382 g/mol. The summed E-state index contributed by atoms with van der Waals surface area (Å²) >= 11 is 0. The highest BCUT2D eigenvalue weighted by Crippen LogP contribution is 2.62. The SMILES string of the molecule is O=C(O)C1C=CC(C(F)(F)F)(C2(c3ccc(O)cc3O)CCCCC2)C=C1. The summed E-state index contributed by atoms with van der Waals surface area (Å²) in [7, 11) is 0. The van der Waals surface area contributed by atoms with Gasteiger partial charge in [0, 0.05) is 17.0 Å². The van der Waals surface area contributed by atoms with Crippen molar-refractivity contribution in [2.75, 3.05) is 0 Å². The predicted octanol–water partition coefficient (Wildman–Crippen LogP) is 4.68. The quantitative estimate of drug-likeness (QED) is 0.664. The average Bonchev–Trinajstić information content (AvgIpc) is 2.61. The predicted molar refractivity (Wildman–Crippen MR) is 92.4 cm³/mol. The molecule has 0 amide bonds. The molecule has 3 N–H and O–H groups in total. The Morgan fingerprint density at radius 2 is 1.63 bits per heavy atom. The van der Waals surface area contributed by atoms with Crippen molar-refractivity contribution in [2.45, 2.75) is 43.7 Å². The lowest BCUT2D eigenvalue weighted by molar-refractivity contribution is -0.216. The molecule has 7 heteroatoms. The maximum Gasteiger partial charge on any atom is 0.402 e. The number of hydrogen-bond acceptors (Lipinski definition) is 3. The number of aromatic hydroxyl groups is 2. The Balaban J connectivity index is 2.24. The zero-order valence-electron chi connectivity index (χ0n) is 14.5. The molecule has 2 aliphatic rings. The summed E-state index contributed by atoms with van der Waals surface area (Å²) in [4.78, 5) is 11.2. The number of carboxylic acid groups (broad SMARTS) is 1. The fraction of sp³-hybridized carbons (Fsp3) is 0.450. The van der Waals surface area contributed by atoms with Crippen molar-refractivity contribution in [1.29, 1.82) is 0 Å². The number of benzene rings is 1. The first-order chi connectivity index (χ1) is 12.6. The molecule has 0 radical (unpaired) electrons. The number of allylic oxidation sites excluding steroid dienone is 2. The van der Waals surface area contributed by atoms with E-state index >= 15 is 0 Å². The summed E-state index contributed by atoms with van der Waals surface area (Å²) in [6, 6.07) is 3.66. The van der Waals surface area contributed by atoms with E-state index in [4.69, 9.17) is 5.11 Å². The number of carboxylic acids is 1. The van der Waals surface area contributed by atoms with Gasteiger partial charge in [-0.05, 0) is 18.9 Å². The normalized spacial score (nSPS) is 27.4. The standard InChI is InChI=1S/C20H21F3O4/c21-20(22,23)19(10-6-13(7-11-19)17(26)27)18(8-2-1-3-9-18)15-5-4-14(24)12-16(15)25/h4-7,10-13,24-25H,1-3,8-9H2,(H,26,27). The molecular weight excluding hydrogens is 361 g/mol. The number of aliphatic carboxylic acids is 1. The highest BCUT2D eigenvalue weighted by Gasteiger charge is 2.65. The van der Waals surface area contributed by atoms with Gasteiger partial charge in [0.1, 0.15) is 16.9 Å². The van der Waals surface area contributed by atoms with E-state index in [2.05, 4.69) is 0 Å². The van der Waals surface area contributed by atoms with Gasteiger partial charge in [-0.15, -0.1) is 0 Å². The molecular formula is C20H21F3O4. The van der Waals surface area contributed by atoms with Gasteiger partial charge in [0.05, 0.1) is 5.92 Å². The van der Waals surface area contributed by atoms with Crippen LogP contribution < -0.4 is 0 Å². The molecule has 0 aromatic heterocycles. The largest absolute Gasteiger partial charge is 0.508 e. The molecule has 0 atom stereocenters. The van der Waals surface area contributed by atoms with Gasteiger partial charge in [-0.3, -0.25) is 4.79 Å². The van der Waals surface area contributed by atoms with Crippen LogP contribution >= 0.6 is 0 Å². The summed E-state index contributed by atoms with van der Waals surface area (Å²) in [5.74, 6) is -2.95. The maximum atomic E-state index is 14.5. The second-order valence-corrected chi connectivity index (χ2v) is 7.29. The fourth-order valence-electron chi connectivity index (χ4n) is 4.56. The van der Waals surface area contributed by atoms with Gasteiger partial charge in [-0.25, -0.2) is 0 Å². The number of halogens is 3. The van der Waals surface area contributed by atoms with Crippen molar-refractivity contribution < 1.29 is 33.3 Å². The molecule has 1 aromatic carbocycles. The second-order valence-electron chi connectivity index (χ2n) is 7.29. The summed E-state index contributed by atoms with van der Waals surface area (Å²) in [5, 5.41) is 29.1. The minimum atomic E-state index is -4.69. The number of hydrogen-bond donors (Lipinski definition) is 3. The Kier molecular flexibility index (Phi) is 4.74. The Morgan fingerprint density at radius 1 is 1.04 bits per heavy atom. The van der Waals surface area contributed by atoms with Crippen molar-refractivity contribution in [3.05, 3.63) is 48.1 Å². The topological polar surface area (TPSA) is 77.8 Å². The summed E-state index contributed by atoms with van der Waals surface area (Å²) < 4.78 is 43.4. The van der Waals surface area contributed by atoms with Gasteiger partial charge < -0.3 is 15.3 Å². The van der Waals surface area contributed by atoms with Crippen LogP contribution in [0.15, 0.2) is 42.5 Å². The van der Waals surface area contributed by atoms with Crippen LogP contribution in [-0.2, 0) is 10.2 Å². The fourth-order valence-corrected chi connectivity index (χ4v) is 4.56. The highest BCUT2D eigenvalue weighted by atomic mass is 19.4. The lowest BCUT2D eigenvalue weighted by Gasteiger charge is -2.52. The van der Waals surface area contributed by atoms with Gasteiger partial charge in [-0.2, -0.15) is 13.2 Å². The van der Waals surface area contributed by atoms with E-state index in [0.29, 0.717) is 12.8 Å². The molecule has 146 valence electrons. The van der Waals surface area contributed by atoms with Crippen LogP contribution in [0, 0.1) is 11.3 Å². The van der Waals surface area contributed by atoms with Crippen LogP contribution in [0.5, 0.6) is 11.5 Å². The van der Waals surface area contributed by atoms with E-state index in [1.807, 2.05) is 0 Å². The van der Waals surface area contributed by atoms with Crippen LogP contribution in [0.4, 0.5) is 13.2 Å². The molecule has 1 aromatic rings. The molecule has 0 unspecified atom stereocenters. The monoisotopic (exact) mass is 382 g/mol. The van der Waals surface area contributed by atoms with Crippen LogP contribution in [-0.4, -0.2) is 27.5 Å². The maximum absolute atomic E-state index is 14.5. The number of phenols is 2. The van der Waals surface area contributed by atoms with Crippen molar-refractivity contribution in [3.8, 4) is 11.5 Å². The molecule has 27 heavy (non-hydrogen) atoms. The zero-order valence-corrected chi connectivity index (χ0v) is 14.5. The van der Waals surface area contributed by atoms with Crippen molar-refractivity contribution in [1.82, 2.24) is 0 Å². The molecule has 1 saturated carbocycles. The molecule has 0 bridgehead atoms. The summed E-state index contributed by atoms with van der Waals surface area (Å²) in [6.07, 6.45) is 1.64. The molecule has 2 aliphatic carbocycles.